The van der Waals surface area contributed by atoms with E-state index in [1.165, 1.54) is 36.9 Å². The molecule has 312 valence electrons. The van der Waals surface area contributed by atoms with Crippen LogP contribution >= 0.6 is 11.6 Å². The zero-order valence-electron chi connectivity index (χ0n) is 33.0. The lowest BCUT2D eigenvalue weighted by Gasteiger charge is -2.37. The first-order valence-corrected chi connectivity index (χ1v) is 20.0. The molecular formula is C47H33ClF2N8O5. The van der Waals surface area contributed by atoms with Gasteiger partial charge in [0, 0.05) is 10.8 Å². The largest absolute Gasteiger partial charge is 0.489 e. The molecule has 0 atom stereocenters. The van der Waals surface area contributed by atoms with Crippen LogP contribution in [0, 0.1) is 11.6 Å². The van der Waals surface area contributed by atoms with E-state index in [0.717, 1.165) is 11.1 Å². The number of aromatic nitrogens is 6. The summed E-state index contributed by atoms with van der Waals surface area (Å²) in [5, 5.41) is 5.24. The minimum absolute atomic E-state index is 0.229. The third kappa shape index (κ3) is 8.52. The van der Waals surface area contributed by atoms with Crippen LogP contribution in [-0.2, 0) is 22.7 Å². The average molecular weight is 863 g/mol. The molecule has 0 radical (unpaired) electrons. The van der Waals surface area contributed by atoms with Crippen LogP contribution in [0.4, 0.5) is 31.8 Å². The van der Waals surface area contributed by atoms with E-state index in [0.29, 0.717) is 86.7 Å². The lowest BCUT2D eigenvalue weighted by atomic mass is 10.2. The van der Waals surface area contributed by atoms with E-state index in [9.17, 15) is 8.78 Å². The van der Waals surface area contributed by atoms with E-state index in [1.807, 2.05) is 70.7 Å². The Morgan fingerprint density at radius 1 is 0.571 bits per heavy atom. The predicted octanol–water partition coefficient (Wildman–Crippen LogP) is 10.6. The Hall–Kier alpha value is -7.59. The van der Waals surface area contributed by atoms with Gasteiger partial charge in [-0.15, -0.1) is 0 Å². The molecule has 10 rings (SSSR count). The number of hydrogen-bond acceptors (Lipinski definition) is 13. The summed E-state index contributed by atoms with van der Waals surface area (Å²) in [6.45, 7) is 1.40. The van der Waals surface area contributed by atoms with E-state index in [1.54, 1.807) is 48.8 Å². The quantitative estimate of drug-likeness (QED) is 0.0805. The standard InChI is InChI=1S/C47H33ClF2N8O5/c48-44-22-38-41(24-52-44)54-28-56-46(38)58(34-11-15-36(16-12-34)62-26-30-3-7-32(50)8-4-30)57(33-9-13-35(14-10-33)61-25-29-1-5-31(49)6-2-29)45-37-21-39(51-23-40(37)53-27-55-45)42-17-18-43(63-42)47-59-19-20-60-47/h1-18,21-24,27-28,47H,19-20,25-26H2. The first-order chi connectivity index (χ1) is 30.9. The van der Waals surface area contributed by atoms with Crippen molar-refractivity contribution in [1.82, 2.24) is 29.9 Å². The molecule has 0 bridgehead atoms. The van der Waals surface area contributed by atoms with Gasteiger partial charge in [0.1, 0.15) is 59.8 Å². The molecule has 13 nitrogen and oxygen atoms in total. The highest BCUT2D eigenvalue weighted by molar-refractivity contribution is 6.30. The number of hydrogen-bond donors (Lipinski definition) is 0. The van der Waals surface area contributed by atoms with Crippen LogP contribution in [-0.4, -0.2) is 43.1 Å². The molecule has 0 aliphatic carbocycles. The van der Waals surface area contributed by atoms with E-state index in [-0.39, 0.29) is 30.0 Å². The van der Waals surface area contributed by atoms with Gasteiger partial charge in [-0.1, -0.05) is 35.9 Å². The molecular weight excluding hydrogens is 830 g/mol. The Morgan fingerprint density at radius 2 is 1.08 bits per heavy atom. The number of rotatable bonds is 13. The number of nitrogens with zero attached hydrogens (tertiary/aromatic N) is 8. The molecule has 16 heteroatoms. The van der Waals surface area contributed by atoms with E-state index >= 15 is 0 Å². The van der Waals surface area contributed by atoms with Crippen LogP contribution in [0.15, 0.2) is 151 Å². The molecule has 1 saturated heterocycles. The Kier molecular flexibility index (Phi) is 10.9. The van der Waals surface area contributed by atoms with Crippen molar-refractivity contribution in [3.05, 3.63) is 180 Å². The molecule has 1 aliphatic heterocycles. The van der Waals surface area contributed by atoms with Crippen LogP contribution in [0.1, 0.15) is 23.2 Å². The third-order valence-corrected chi connectivity index (χ3v) is 10.3. The van der Waals surface area contributed by atoms with Crippen molar-refractivity contribution in [1.29, 1.82) is 0 Å². The maximum absolute atomic E-state index is 13.6. The molecule has 9 aromatic rings. The zero-order chi connectivity index (χ0) is 42.7. The zero-order valence-corrected chi connectivity index (χ0v) is 33.8. The molecule has 1 aliphatic rings. The number of ether oxygens (including phenoxy) is 4. The number of halogens is 3. The summed E-state index contributed by atoms with van der Waals surface area (Å²) >= 11 is 6.54. The molecule has 0 N–H and O–H groups in total. The second-order valence-electron chi connectivity index (χ2n) is 14.2. The Balaban J connectivity index is 1.11. The lowest BCUT2D eigenvalue weighted by Crippen LogP contribution is -2.37. The van der Waals surface area contributed by atoms with Crippen molar-refractivity contribution in [3.63, 3.8) is 0 Å². The van der Waals surface area contributed by atoms with Crippen molar-refractivity contribution in [3.8, 4) is 23.0 Å². The van der Waals surface area contributed by atoms with Crippen molar-refractivity contribution in [2.24, 2.45) is 0 Å². The molecule has 1 fully saturated rings. The van der Waals surface area contributed by atoms with Crippen molar-refractivity contribution in [2.75, 3.05) is 23.2 Å². The van der Waals surface area contributed by atoms with E-state index < -0.39 is 6.29 Å². The Morgan fingerprint density at radius 3 is 1.62 bits per heavy atom. The van der Waals surface area contributed by atoms with E-state index in [4.69, 9.17) is 49.9 Å². The van der Waals surface area contributed by atoms with Gasteiger partial charge in [-0.25, -0.2) is 43.7 Å². The summed E-state index contributed by atoms with van der Waals surface area (Å²) in [6, 6.07) is 34.4. The maximum atomic E-state index is 13.6. The molecule has 0 saturated carbocycles. The van der Waals surface area contributed by atoms with Crippen LogP contribution in [0.5, 0.6) is 11.5 Å². The molecule has 5 aromatic heterocycles. The third-order valence-electron chi connectivity index (χ3n) is 10.1. The van der Waals surface area contributed by atoms with Crippen molar-refractivity contribution in [2.45, 2.75) is 19.5 Å². The minimum atomic E-state index is -0.601. The predicted molar refractivity (Wildman–Crippen MR) is 231 cm³/mol. The smallest absolute Gasteiger partial charge is 0.217 e. The van der Waals surface area contributed by atoms with Gasteiger partial charge < -0.3 is 23.4 Å². The molecule has 0 amide bonds. The summed E-state index contributed by atoms with van der Waals surface area (Å²) in [4.78, 5) is 27.9. The number of benzene rings is 4. The van der Waals surface area contributed by atoms with Crippen molar-refractivity contribution < 1.29 is 32.1 Å². The van der Waals surface area contributed by atoms with Gasteiger partial charge in [0.05, 0.1) is 48.0 Å². The maximum Gasteiger partial charge on any atom is 0.217 e. The fourth-order valence-electron chi connectivity index (χ4n) is 7.00. The van der Waals surface area contributed by atoms with Gasteiger partial charge in [-0.2, -0.15) is 0 Å². The number of pyridine rings is 2. The summed E-state index contributed by atoms with van der Waals surface area (Å²) in [6.07, 6.45) is 5.57. The van der Waals surface area contributed by atoms with Gasteiger partial charge in [0.2, 0.25) is 6.29 Å². The van der Waals surface area contributed by atoms with Crippen LogP contribution < -0.4 is 19.5 Å². The highest BCUT2D eigenvalue weighted by atomic mass is 35.5. The molecule has 0 unspecified atom stereocenters. The SMILES string of the molecule is Fc1ccc(COc2ccc(N(c3ncnc4cnc(Cl)cc34)N(c3ccc(OCc4ccc(F)cc4)cc3)c3ncnc4cnc(-c5ccc(C6OCCO6)o5)cc34)cc2)cc1. The first-order valence-electron chi connectivity index (χ1n) is 19.7. The lowest BCUT2D eigenvalue weighted by molar-refractivity contribution is -0.0585. The first kappa shape index (κ1) is 39.5. The monoisotopic (exact) mass is 862 g/mol. The molecule has 63 heavy (non-hydrogen) atoms. The van der Waals surface area contributed by atoms with Gasteiger partial charge >= 0.3 is 0 Å². The van der Waals surface area contributed by atoms with Gasteiger partial charge in [-0.3, -0.25) is 4.98 Å². The van der Waals surface area contributed by atoms with Crippen molar-refractivity contribution >= 4 is 56.4 Å². The fraction of sp³-hybridized carbons (Fsp3) is 0.106. The molecule has 0 spiro atoms. The summed E-state index contributed by atoms with van der Waals surface area (Å²) in [5.74, 6) is 2.41. The second kappa shape index (κ2) is 17.4. The van der Waals surface area contributed by atoms with Crippen LogP contribution in [0.25, 0.3) is 33.3 Å². The normalized spacial score (nSPS) is 12.8. The fourth-order valence-corrected chi connectivity index (χ4v) is 7.16. The number of furan rings is 1. The van der Waals surface area contributed by atoms with Gasteiger partial charge in [-0.05, 0) is 108 Å². The van der Waals surface area contributed by atoms with Gasteiger partial charge in [0.25, 0.3) is 0 Å². The number of fused-ring (bicyclic) bond motifs is 2. The van der Waals surface area contributed by atoms with Crippen LogP contribution in [0.2, 0.25) is 5.15 Å². The minimum Gasteiger partial charge on any atom is -0.489 e. The Labute approximate surface area is 363 Å². The molecule has 4 aromatic carbocycles. The number of hydrazine groups is 1. The van der Waals surface area contributed by atoms with E-state index in [2.05, 4.69) is 15.0 Å². The second-order valence-corrected chi connectivity index (χ2v) is 14.6. The van der Waals surface area contributed by atoms with Gasteiger partial charge in [0.15, 0.2) is 23.2 Å². The van der Waals surface area contributed by atoms with Crippen LogP contribution in [0.3, 0.4) is 0 Å². The average Bonchev–Trinajstić information content (AvgIpc) is 4.05. The summed E-state index contributed by atoms with van der Waals surface area (Å²) in [7, 11) is 0. The summed E-state index contributed by atoms with van der Waals surface area (Å²) < 4.78 is 57.0. The number of anilines is 4. The Bertz CT molecular complexity index is 3030. The molecule has 6 heterocycles. The topological polar surface area (TPSA) is 134 Å². The highest BCUT2D eigenvalue weighted by Crippen LogP contribution is 2.42. The highest BCUT2D eigenvalue weighted by Gasteiger charge is 2.29. The summed E-state index contributed by atoms with van der Waals surface area (Å²) in [5.41, 5.74) is 4.51.